The van der Waals surface area contributed by atoms with E-state index >= 15 is 0 Å². The van der Waals surface area contributed by atoms with Crippen LogP contribution in [0.25, 0.3) is 0 Å². The standard InChI is InChI=1S/C14H19NO5S/c1-8-4-11(16)10(13(17)18)5-12(8)21(19,20)15-7-9-6-14(9,2)3/h4-5,9,15-16H,6-7H2,1-3H3,(H,17,18). The van der Waals surface area contributed by atoms with Gasteiger partial charge in [-0.1, -0.05) is 13.8 Å². The summed E-state index contributed by atoms with van der Waals surface area (Å²) in [6, 6.07) is 2.15. The number of rotatable bonds is 5. The number of aromatic carboxylic acids is 1. The first-order valence-electron chi connectivity index (χ1n) is 6.61. The molecule has 0 amide bonds. The van der Waals surface area contributed by atoms with Gasteiger partial charge >= 0.3 is 5.97 Å². The lowest BCUT2D eigenvalue weighted by Crippen LogP contribution is -2.27. The quantitative estimate of drug-likeness (QED) is 0.768. The average Bonchev–Trinajstić information content (AvgIpc) is 2.94. The Hall–Kier alpha value is -1.60. The van der Waals surface area contributed by atoms with E-state index in [2.05, 4.69) is 18.6 Å². The van der Waals surface area contributed by atoms with Gasteiger partial charge in [0.05, 0.1) is 4.90 Å². The van der Waals surface area contributed by atoms with Crippen molar-refractivity contribution in [1.82, 2.24) is 4.72 Å². The zero-order chi connectivity index (χ0) is 16.0. The molecule has 116 valence electrons. The molecule has 1 aromatic rings. The molecule has 0 spiro atoms. The predicted molar refractivity (Wildman–Crippen MR) is 76.9 cm³/mol. The summed E-state index contributed by atoms with van der Waals surface area (Å²) < 4.78 is 27.1. The van der Waals surface area contributed by atoms with E-state index in [-0.39, 0.29) is 10.3 Å². The van der Waals surface area contributed by atoms with E-state index in [1.165, 1.54) is 6.92 Å². The molecule has 0 heterocycles. The largest absolute Gasteiger partial charge is 0.507 e. The zero-order valence-electron chi connectivity index (χ0n) is 12.2. The maximum atomic E-state index is 12.3. The van der Waals surface area contributed by atoms with Crippen LogP contribution >= 0.6 is 0 Å². The molecule has 3 N–H and O–H groups in total. The molecule has 1 saturated carbocycles. The Morgan fingerprint density at radius 1 is 1.43 bits per heavy atom. The molecule has 0 radical (unpaired) electrons. The third-order valence-corrected chi connectivity index (χ3v) is 5.62. The van der Waals surface area contributed by atoms with Crippen LogP contribution in [0.3, 0.4) is 0 Å². The molecule has 21 heavy (non-hydrogen) atoms. The second-order valence-corrected chi connectivity index (χ2v) is 7.92. The van der Waals surface area contributed by atoms with Gasteiger partial charge in [0.2, 0.25) is 10.0 Å². The third-order valence-electron chi connectivity index (χ3n) is 4.05. The van der Waals surface area contributed by atoms with Gasteiger partial charge in [0.25, 0.3) is 0 Å². The first-order chi connectivity index (χ1) is 9.54. The molecular formula is C14H19NO5S. The van der Waals surface area contributed by atoms with Crippen molar-refractivity contribution in [2.24, 2.45) is 11.3 Å². The molecule has 0 bridgehead atoms. The number of carbonyl (C=O) groups is 1. The van der Waals surface area contributed by atoms with Gasteiger partial charge < -0.3 is 10.2 Å². The van der Waals surface area contributed by atoms with E-state index in [9.17, 15) is 18.3 Å². The lowest BCUT2D eigenvalue weighted by atomic mass is 10.1. The number of hydrogen-bond donors (Lipinski definition) is 3. The van der Waals surface area contributed by atoms with Crippen molar-refractivity contribution in [3.05, 3.63) is 23.3 Å². The molecule has 6 nitrogen and oxygen atoms in total. The van der Waals surface area contributed by atoms with Crippen molar-refractivity contribution < 1.29 is 23.4 Å². The number of carboxylic acids is 1. The van der Waals surface area contributed by atoms with Gasteiger partial charge in [0.1, 0.15) is 11.3 Å². The van der Waals surface area contributed by atoms with Gasteiger partial charge in [0.15, 0.2) is 0 Å². The summed E-state index contributed by atoms with van der Waals surface area (Å²) in [5.74, 6) is -1.52. The maximum absolute atomic E-state index is 12.3. The molecule has 1 fully saturated rings. The molecule has 1 aliphatic carbocycles. The van der Waals surface area contributed by atoms with Crippen LogP contribution in [0.15, 0.2) is 17.0 Å². The number of nitrogens with one attached hydrogen (secondary N) is 1. The van der Waals surface area contributed by atoms with Crippen molar-refractivity contribution in [1.29, 1.82) is 0 Å². The van der Waals surface area contributed by atoms with Crippen molar-refractivity contribution in [2.75, 3.05) is 6.54 Å². The second kappa shape index (κ2) is 4.99. The highest BCUT2D eigenvalue weighted by Crippen LogP contribution is 2.51. The summed E-state index contributed by atoms with van der Waals surface area (Å²) in [6.45, 7) is 5.99. The number of sulfonamides is 1. The summed E-state index contributed by atoms with van der Waals surface area (Å²) in [6.07, 6.45) is 0.963. The number of aryl methyl sites for hydroxylation is 1. The zero-order valence-corrected chi connectivity index (χ0v) is 13.0. The fraction of sp³-hybridized carbons (Fsp3) is 0.500. The minimum Gasteiger partial charge on any atom is -0.507 e. The predicted octanol–water partition coefficient (Wildman–Crippen LogP) is 1.72. The van der Waals surface area contributed by atoms with Crippen LogP contribution in [0.1, 0.15) is 36.2 Å². The van der Waals surface area contributed by atoms with Crippen LogP contribution in [0, 0.1) is 18.3 Å². The minimum absolute atomic E-state index is 0.115. The first-order valence-corrected chi connectivity index (χ1v) is 8.09. The van der Waals surface area contributed by atoms with Crippen LogP contribution in [0.4, 0.5) is 0 Å². The Morgan fingerprint density at radius 2 is 2.00 bits per heavy atom. The van der Waals surface area contributed by atoms with Gasteiger partial charge in [-0.05, 0) is 42.4 Å². The Bertz CT molecular complexity index is 694. The second-order valence-electron chi connectivity index (χ2n) is 6.18. The van der Waals surface area contributed by atoms with Gasteiger partial charge in [-0.2, -0.15) is 0 Å². The molecule has 0 aliphatic heterocycles. The van der Waals surface area contributed by atoms with Gasteiger partial charge in [-0.15, -0.1) is 0 Å². The molecule has 0 aromatic heterocycles. The number of hydrogen-bond acceptors (Lipinski definition) is 4. The number of aromatic hydroxyl groups is 1. The van der Waals surface area contributed by atoms with Crippen molar-refractivity contribution in [2.45, 2.75) is 32.1 Å². The molecule has 1 atom stereocenters. The van der Waals surface area contributed by atoms with Crippen LogP contribution in [0.2, 0.25) is 0 Å². The van der Waals surface area contributed by atoms with E-state index in [1.807, 2.05) is 0 Å². The molecule has 1 aliphatic rings. The van der Waals surface area contributed by atoms with Gasteiger partial charge in [-0.3, -0.25) is 0 Å². The van der Waals surface area contributed by atoms with Crippen LogP contribution in [-0.2, 0) is 10.0 Å². The van der Waals surface area contributed by atoms with Crippen molar-refractivity contribution in [3.8, 4) is 5.75 Å². The van der Waals surface area contributed by atoms with E-state index in [0.29, 0.717) is 18.0 Å². The SMILES string of the molecule is Cc1cc(O)c(C(=O)O)cc1S(=O)(=O)NCC1CC1(C)C. The van der Waals surface area contributed by atoms with Crippen molar-refractivity contribution in [3.63, 3.8) is 0 Å². The molecule has 0 saturated heterocycles. The minimum atomic E-state index is -3.79. The Kier molecular flexibility index (Phi) is 3.75. The van der Waals surface area contributed by atoms with Crippen LogP contribution < -0.4 is 4.72 Å². The van der Waals surface area contributed by atoms with Gasteiger partial charge in [0, 0.05) is 6.54 Å². The van der Waals surface area contributed by atoms with Crippen molar-refractivity contribution >= 4 is 16.0 Å². The summed E-state index contributed by atoms with van der Waals surface area (Å²) in [7, 11) is -3.79. The van der Waals surface area contributed by atoms with E-state index in [4.69, 9.17) is 5.11 Å². The molecule has 1 aromatic carbocycles. The average molecular weight is 313 g/mol. The third kappa shape index (κ3) is 3.19. The molecule has 7 heteroatoms. The molecule has 2 rings (SSSR count). The maximum Gasteiger partial charge on any atom is 0.339 e. The Balaban J connectivity index is 2.27. The summed E-state index contributed by atoms with van der Waals surface area (Å²) in [5, 5.41) is 18.5. The highest BCUT2D eigenvalue weighted by molar-refractivity contribution is 7.89. The lowest BCUT2D eigenvalue weighted by Gasteiger charge is -2.12. The van der Waals surface area contributed by atoms with Crippen LogP contribution in [0.5, 0.6) is 5.75 Å². The highest BCUT2D eigenvalue weighted by Gasteiger charge is 2.45. The Labute approximate surface area is 123 Å². The topological polar surface area (TPSA) is 104 Å². The summed E-state index contributed by atoms with van der Waals surface area (Å²) >= 11 is 0. The lowest BCUT2D eigenvalue weighted by molar-refractivity contribution is 0.0693. The van der Waals surface area contributed by atoms with E-state index in [0.717, 1.165) is 18.6 Å². The molecular weight excluding hydrogens is 294 g/mol. The molecule has 1 unspecified atom stereocenters. The smallest absolute Gasteiger partial charge is 0.339 e. The number of benzene rings is 1. The first kappa shape index (κ1) is 15.8. The monoisotopic (exact) mass is 313 g/mol. The van der Waals surface area contributed by atoms with Crippen LogP contribution in [-0.4, -0.2) is 31.1 Å². The Morgan fingerprint density at radius 3 is 2.48 bits per heavy atom. The summed E-state index contributed by atoms with van der Waals surface area (Å²) in [5.41, 5.74) is 0.0337. The van der Waals surface area contributed by atoms with Gasteiger partial charge in [-0.25, -0.2) is 17.9 Å². The highest BCUT2D eigenvalue weighted by atomic mass is 32.2. The fourth-order valence-corrected chi connectivity index (χ4v) is 3.68. The fourth-order valence-electron chi connectivity index (χ4n) is 2.35. The number of carboxylic acid groups (broad SMARTS) is 1. The summed E-state index contributed by atoms with van der Waals surface area (Å²) in [4.78, 5) is 10.9. The van der Waals surface area contributed by atoms with E-state index in [1.54, 1.807) is 0 Å². The van der Waals surface area contributed by atoms with E-state index < -0.39 is 27.3 Å². The number of phenols is 1. The normalized spacial score (nSPS) is 20.2.